The van der Waals surface area contributed by atoms with Crippen LogP contribution >= 0.6 is 0 Å². The predicted octanol–water partition coefficient (Wildman–Crippen LogP) is 0.583. The molecular weight excluding hydrogens is 280 g/mol. The van der Waals surface area contributed by atoms with E-state index in [-0.39, 0.29) is 22.5 Å². The number of carbonyl (C=O) groups excluding carboxylic acids is 1. The molecule has 7 heteroatoms. The second kappa shape index (κ2) is 5.51. The molecule has 0 spiro atoms. The molecule has 0 saturated carbocycles. The minimum Gasteiger partial charge on any atom is -0.465 e. The summed E-state index contributed by atoms with van der Waals surface area (Å²) < 4.78 is 31.4. The zero-order valence-electron chi connectivity index (χ0n) is 11.4. The first-order valence-corrected chi connectivity index (χ1v) is 7.78. The Bertz CT molecular complexity index is 615. The fourth-order valence-electron chi connectivity index (χ4n) is 2.37. The molecule has 1 fully saturated rings. The van der Waals surface area contributed by atoms with Gasteiger partial charge in [-0.2, -0.15) is 4.31 Å². The highest BCUT2D eigenvalue weighted by Crippen LogP contribution is 2.27. The lowest BCUT2D eigenvalue weighted by Gasteiger charge is -2.23. The van der Waals surface area contributed by atoms with Crippen LogP contribution in [-0.2, 0) is 14.8 Å². The van der Waals surface area contributed by atoms with Crippen LogP contribution in [-0.4, -0.2) is 44.4 Å². The molecular formula is C13H18N2O4S. The van der Waals surface area contributed by atoms with Crippen molar-refractivity contribution in [2.24, 2.45) is 5.73 Å². The van der Waals surface area contributed by atoms with Crippen molar-refractivity contribution in [1.29, 1.82) is 0 Å². The molecule has 1 aliphatic heterocycles. The minimum absolute atomic E-state index is 0.0344. The van der Waals surface area contributed by atoms with Crippen molar-refractivity contribution >= 4 is 16.0 Å². The molecule has 2 atom stereocenters. The maximum Gasteiger partial charge on any atom is 0.339 e. The molecule has 2 N–H and O–H groups in total. The van der Waals surface area contributed by atoms with Gasteiger partial charge in [-0.05, 0) is 25.5 Å². The summed E-state index contributed by atoms with van der Waals surface area (Å²) in [7, 11) is -2.53. The third kappa shape index (κ3) is 2.44. The molecule has 0 aromatic heterocycles. The van der Waals surface area contributed by atoms with E-state index in [9.17, 15) is 13.2 Å². The number of nitrogens with zero attached hydrogens (tertiary/aromatic N) is 1. The lowest BCUT2D eigenvalue weighted by atomic mass is 10.2. The van der Waals surface area contributed by atoms with E-state index in [0.717, 1.165) is 0 Å². The fourth-order valence-corrected chi connectivity index (χ4v) is 4.24. The van der Waals surface area contributed by atoms with Crippen LogP contribution in [0.5, 0.6) is 0 Å². The number of rotatable bonds is 3. The summed E-state index contributed by atoms with van der Waals surface area (Å²) >= 11 is 0. The van der Waals surface area contributed by atoms with E-state index in [1.165, 1.54) is 23.5 Å². The summed E-state index contributed by atoms with van der Waals surface area (Å²) in [5.41, 5.74) is 5.91. The Kier molecular flexibility index (Phi) is 4.12. The van der Waals surface area contributed by atoms with Crippen LogP contribution in [0.1, 0.15) is 23.7 Å². The smallest absolute Gasteiger partial charge is 0.339 e. The van der Waals surface area contributed by atoms with E-state index in [4.69, 9.17) is 5.73 Å². The van der Waals surface area contributed by atoms with Gasteiger partial charge in [0.25, 0.3) is 0 Å². The Hall–Kier alpha value is -1.44. The predicted molar refractivity (Wildman–Crippen MR) is 73.7 cm³/mol. The largest absolute Gasteiger partial charge is 0.465 e. The SMILES string of the molecule is COC(=O)c1ccccc1S(=O)(=O)N1CCC(N)C1C. The van der Waals surface area contributed by atoms with Crippen LogP contribution in [0.2, 0.25) is 0 Å². The molecule has 1 saturated heterocycles. The van der Waals surface area contributed by atoms with Gasteiger partial charge < -0.3 is 10.5 Å². The van der Waals surface area contributed by atoms with Crippen LogP contribution in [0.15, 0.2) is 29.2 Å². The molecule has 1 aromatic carbocycles. The van der Waals surface area contributed by atoms with Crippen molar-refractivity contribution in [2.45, 2.75) is 30.3 Å². The molecule has 6 nitrogen and oxygen atoms in total. The summed E-state index contributed by atoms with van der Waals surface area (Å²) in [6.45, 7) is 2.14. The van der Waals surface area contributed by atoms with Crippen molar-refractivity contribution in [3.8, 4) is 0 Å². The van der Waals surface area contributed by atoms with Gasteiger partial charge in [0.2, 0.25) is 10.0 Å². The van der Waals surface area contributed by atoms with E-state index in [2.05, 4.69) is 4.74 Å². The topological polar surface area (TPSA) is 89.7 Å². The normalized spacial score (nSPS) is 23.8. The maximum atomic E-state index is 12.7. The quantitative estimate of drug-likeness (QED) is 0.825. The third-order valence-corrected chi connectivity index (χ3v) is 5.68. The second-order valence-corrected chi connectivity index (χ2v) is 6.66. The molecule has 1 aliphatic rings. The Balaban J connectivity index is 2.48. The van der Waals surface area contributed by atoms with Gasteiger partial charge in [0.1, 0.15) is 0 Å². The first kappa shape index (κ1) is 15.0. The summed E-state index contributed by atoms with van der Waals surface area (Å²) in [6.07, 6.45) is 0.612. The average molecular weight is 298 g/mol. The van der Waals surface area contributed by atoms with Gasteiger partial charge in [-0.3, -0.25) is 0 Å². The monoisotopic (exact) mass is 298 g/mol. The number of sulfonamides is 1. The van der Waals surface area contributed by atoms with E-state index >= 15 is 0 Å². The van der Waals surface area contributed by atoms with Crippen LogP contribution in [0.3, 0.4) is 0 Å². The first-order chi connectivity index (χ1) is 9.39. The van der Waals surface area contributed by atoms with Gasteiger partial charge in [-0.15, -0.1) is 0 Å². The number of carbonyl (C=O) groups is 1. The summed E-state index contributed by atoms with van der Waals surface area (Å²) in [6, 6.07) is 5.57. The van der Waals surface area contributed by atoms with Crippen LogP contribution in [0, 0.1) is 0 Å². The molecule has 0 radical (unpaired) electrons. The van der Waals surface area contributed by atoms with Gasteiger partial charge in [-0.1, -0.05) is 12.1 Å². The van der Waals surface area contributed by atoms with Gasteiger partial charge >= 0.3 is 5.97 Å². The van der Waals surface area contributed by atoms with Gasteiger partial charge in [0.05, 0.1) is 17.6 Å². The van der Waals surface area contributed by atoms with Crippen molar-refractivity contribution in [3.63, 3.8) is 0 Å². The Morgan fingerprint density at radius 3 is 2.60 bits per heavy atom. The van der Waals surface area contributed by atoms with E-state index in [1.54, 1.807) is 19.1 Å². The van der Waals surface area contributed by atoms with Crippen molar-refractivity contribution < 1.29 is 17.9 Å². The summed E-state index contributed by atoms with van der Waals surface area (Å²) in [5, 5.41) is 0. The standard InChI is InChI=1S/C13H18N2O4S/c1-9-11(14)7-8-15(9)20(17,18)12-6-4-3-5-10(12)13(16)19-2/h3-6,9,11H,7-8,14H2,1-2H3. The number of methoxy groups -OCH3 is 1. The van der Waals surface area contributed by atoms with Gasteiger partial charge in [0, 0.05) is 18.6 Å². The number of hydrogen-bond donors (Lipinski definition) is 1. The highest BCUT2D eigenvalue weighted by atomic mass is 32.2. The third-order valence-electron chi connectivity index (χ3n) is 3.64. The molecule has 0 aliphatic carbocycles. The first-order valence-electron chi connectivity index (χ1n) is 6.34. The van der Waals surface area contributed by atoms with E-state index in [0.29, 0.717) is 13.0 Å². The Labute approximate surface area is 118 Å². The molecule has 1 heterocycles. The lowest BCUT2D eigenvalue weighted by Crippen LogP contribution is -2.40. The van der Waals surface area contributed by atoms with E-state index in [1.807, 2.05) is 0 Å². The highest BCUT2D eigenvalue weighted by molar-refractivity contribution is 7.89. The molecule has 0 bridgehead atoms. The van der Waals surface area contributed by atoms with Crippen molar-refractivity contribution in [2.75, 3.05) is 13.7 Å². The molecule has 1 aromatic rings. The fraction of sp³-hybridized carbons (Fsp3) is 0.462. The van der Waals surface area contributed by atoms with Crippen molar-refractivity contribution in [1.82, 2.24) is 4.31 Å². The lowest BCUT2D eigenvalue weighted by molar-refractivity contribution is 0.0596. The molecule has 110 valence electrons. The second-order valence-electron chi connectivity index (χ2n) is 4.80. The zero-order valence-corrected chi connectivity index (χ0v) is 12.3. The maximum absolute atomic E-state index is 12.7. The summed E-state index contributed by atoms with van der Waals surface area (Å²) in [4.78, 5) is 11.7. The number of ether oxygens (including phenoxy) is 1. The Morgan fingerprint density at radius 2 is 2.05 bits per heavy atom. The van der Waals surface area contributed by atoms with Crippen LogP contribution < -0.4 is 5.73 Å². The van der Waals surface area contributed by atoms with Gasteiger partial charge in [-0.25, -0.2) is 13.2 Å². The number of hydrogen-bond acceptors (Lipinski definition) is 5. The van der Waals surface area contributed by atoms with Gasteiger partial charge in [0.15, 0.2) is 0 Å². The molecule has 0 amide bonds. The average Bonchev–Trinajstić information content (AvgIpc) is 2.78. The number of benzene rings is 1. The number of nitrogens with two attached hydrogens (primary N) is 1. The number of esters is 1. The highest BCUT2D eigenvalue weighted by Gasteiger charge is 2.38. The minimum atomic E-state index is -3.75. The summed E-state index contributed by atoms with van der Waals surface area (Å²) in [5.74, 6) is -0.666. The molecule has 20 heavy (non-hydrogen) atoms. The van der Waals surface area contributed by atoms with Crippen molar-refractivity contribution in [3.05, 3.63) is 29.8 Å². The molecule has 2 unspecified atom stereocenters. The Morgan fingerprint density at radius 1 is 1.40 bits per heavy atom. The van der Waals surface area contributed by atoms with E-state index < -0.39 is 16.0 Å². The molecule has 2 rings (SSSR count). The zero-order chi connectivity index (χ0) is 14.9. The van der Waals surface area contributed by atoms with Crippen LogP contribution in [0.4, 0.5) is 0 Å². The van der Waals surface area contributed by atoms with Crippen LogP contribution in [0.25, 0.3) is 0 Å².